The molecule has 0 radical (unpaired) electrons. The van der Waals surface area contributed by atoms with Crippen LogP contribution in [0.15, 0.2) is 33.8 Å². The van der Waals surface area contributed by atoms with Gasteiger partial charge in [0.15, 0.2) is 11.8 Å². The summed E-state index contributed by atoms with van der Waals surface area (Å²) in [5.41, 5.74) is 2.10. The highest BCUT2D eigenvalue weighted by Crippen LogP contribution is 2.25. The Morgan fingerprint density at radius 2 is 2.31 bits per heavy atom. The Morgan fingerprint density at radius 3 is 3.08 bits per heavy atom. The smallest absolute Gasteiger partial charge is 0.257 e. The molecule has 2 N–H and O–H groups in total. The van der Waals surface area contributed by atoms with E-state index < -0.39 is 0 Å². The van der Waals surface area contributed by atoms with E-state index in [0.29, 0.717) is 17.7 Å². The summed E-state index contributed by atoms with van der Waals surface area (Å²) < 4.78 is 5.38. The molecule has 2 heterocycles. The van der Waals surface area contributed by atoms with Crippen molar-refractivity contribution in [2.75, 3.05) is 19.3 Å². The molecule has 26 heavy (non-hydrogen) atoms. The van der Waals surface area contributed by atoms with Crippen molar-refractivity contribution < 1.29 is 4.52 Å². The van der Waals surface area contributed by atoms with Gasteiger partial charge in [0.05, 0.1) is 0 Å². The summed E-state index contributed by atoms with van der Waals surface area (Å²) in [4.78, 5) is 8.77. The van der Waals surface area contributed by atoms with E-state index >= 15 is 0 Å². The van der Waals surface area contributed by atoms with E-state index in [1.165, 1.54) is 18.6 Å². The van der Waals surface area contributed by atoms with Crippen molar-refractivity contribution in [3.8, 4) is 11.5 Å². The molecule has 1 aliphatic rings. The molecule has 1 aliphatic heterocycles. The van der Waals surface area contributed by atoms with Gasteiger partial charge in [0.25, 0.3) is 5.89 Å². The van der Waals surface area contributed by atoms with Crippen molar-refractivity contribution in [1.82, 2.24) is 20.8 Å². The molecule has 1 fully saturated rings. The highest BCUT2D eigenvalue weighted by Gasteiger charge is 2.15. The van der Waals surface area contributed by atoms with Crippen LogP contribution >= 0.6 is 11.8 Å². The van der Waals surface area contributed by atoms with Crippen LogP contribution in [0.5, 0.6) is 0 Å². The molecule has 1 unspecified atom stereocenters. The van der Waals surface area contributed by atoms with E-state index in [4.69, 9.17) is 4.52 Å². The van der Waals surface area contributed by atoms with Crippen LogP contribution in [0.3, 0.4) is 0 Å². The van der Waals surface area contributed by atoms with Crippen LogP contribution in [0, 0.1) is 0 Å². The summed E-state index contributed by atoms with van der Waals surface area (Å²) in [6.45, 7) is 3.77. The third-order valence-electron chi connectivity index (χ3n) is 4.32. The third kappa shape index (κ3) is 5.24. The maximum Gasteiger partial charge on any atom is 0.257 e. The first-order chi connectivity index (χ1) is 12.8. The van der Waals surface area contributed by atoms with E-state index in [2.05, 4.69) is 44.8 Å². The summed E-state index contributed by atoms with van der Waals surface area (Å²) in [5.74, 6) is 3.46. The average molecular weight is 374 g/mol. The van der Waals surface area contributed by atoms with Crippen molar-refractivity contribution in [2.45, 2.75) is 44.4 Å². The molecule has 1 saturated heterocycles. The van der Waals surface area contributed by atoms with Gasteiger partial charge in [-0.2, -0.15) is 16.7 Å². The van der Waals surface area contributed by atoms with Crippen LogP contribution in [0.2, 0.25) is 0 Å². The summed E-state index contributed by atoms with van der Waals surface area (Å²) in [5, 5.41) is 11.5. The molecule has 2 aromatic rings. The number of benzene rings is 1. The number of aromatic nitrogens is 2. The Balaban J connectivity index is 1.55. The molecule has 0 aliphatic carbocycles. The normalized spacial score (nSPS) is 17.5. The standard InChI is InChI=1S/C19H27N5OS/c1-3-6-17-23-18(25-24-17)15-8-4-7-14(11-15)12-21-19(20-2)22-13-16-9-5-10-26-16/h4,7-8,11,16H,3,5-6,9-10,12-13H2,1-2H3,(H2,20,21,22). The zero-order chi connectivity index (χ0) is 18.2. The average Bonchev–Trinajstić information content (AvgIpc) is 3.34. The van der Waals surface area contributed by atoms with Gasteiger partial charge in [-0.15, -0.1) is 0 Å². The molecular weight excluding hydrogens is 346 g/mol. The first-order valence-electron chi connectivity index (χ1n) is 9.26. The van der Waals surface area contributed by atoms with Gasteiger partial charge in [0.2, 0.25) is 0 Å². The first kappa shape index (κ1) is 18.8. The van der Waals surface area contributed by atoms with E-state index in [1.807, 2.05) is 23.9 Å². The molecular formula is C19H27N5OS. The Bertz CT molecular complexity index is 724. The monoisotopic (exact) mass is 373 g/mol. The molecule has 7 heteroatoms. The number of nitrogens with zero attached hydrogens (tertiary/aromatic N) is 3. The lowest BCUT2D eigenvalue weighted by Gasteiger charge is -2.15. The molecule has 1 aromatic carbocycles. The maximum absolute atomic E-state index is 5.38. The van der Waals surface area contributed by atoms with Crippen LogP contribution in [0.4, 0.5) is 0 Å². The summed E-state index contributed by atoms with van der Waals surface area (Å²) in [6.07, 6.45) is 4.47. The second kappa shape index (κ2) is 9.62. The van der Waals surface area contributed by atoms with Crippen molar-refractivity contribution in [3.05, 3.63) is 35.7 Å². The highest BCUT2D eigenvalue weighted by molar-refractivity contribution is 8.00. The predicted octanol–water partition coefficient (Wildman–Crippen LogP) is 3.25. The number of hydrogen-bond acceptors (Lipinski definition) is 5. The largest absolute Gasteiger partial charge is 0.355 e. The second-order valence-corrected chi connectivity index (χ2v) is 7.82. The van der Waals surface area contributed by atoms with Gasteiger partial charge in [0, 0.05) is 37.4 Å². The number of aryl methyl sites for hydroxylation is 1. The van der Waals surface area contributed by atoms with Gasteiger partial charge in [0.1, 0.15) is 0 Å². The molecule has 0 bridgehead atoms. The molecule has 1 atom stereocenters. The zero-order valence-corrected chi connectivity index (χ0v) is 16.3. The van der Waals surface area contributed by atoms with Crippen molar-refractivity contribution in [3.63, 3.8) is 0 Å². The van der Waals surface area contributed by atoms with Crippen LogP contribution < -0.4 is 10.6 Å². The summed E-state index contributed by atoms with van der Waals surface area (Å²) >= 11 is 2.05. The number of thioether (sulfide) groups is 1. The minimum Gasteiger partial charge on any atom is -0.355 e. The lowest BCUT2D eigenvalue weighted by Crippen LogP contribution is -2.39. The van der Waals surface area contributed by atoms with Gasteiger partial charge in [-0.05, 0) is 42.7 Å². The van der Waals surface area contributed by atoms with Crippen LogP contribution in [0.25, 0.3) is 11.5 Å². The molecule has 140 valence electrons. The zero-order valence-electron chi connectivity index (χ0n) is 15.5. The second-order valence-electron chi connectivity index (χ2n) is 6.41. The van der Waals surface area contributed by atoms with Gasteiger partial charge in [-0.25, -0.2) is 0 Å². The lowest BCUT2D eigenvalue weighted by molar-refractivity contribution is 0.422. The van der Waals surface area contributed by atoms with Gasteiger partial charge in [-0.3, -0.25) is 4.99 Å². The van der Waals surface area contributed by atoms with Gasteiger partial charge in [-0.1, -0.05) is 24.2 Å². The fourth-order valence-corrected chi connectivity index (χ4v) is 4.13. The molecule has 0 amide bonds. The topological polar surface area (TPSA) is 75.3 Å². The lowest BCUT2D eigenvalue weighted by atomic mass is 10.1. The number of guanidine groups is 1. The molecule has 0 saturated carbocycles. The summed E-state index contributed by atoms with van der Waals surface area (Å²) in [7, 11) is 1.81. The summed E-state index contributed by atoms with van der Waals surface area (Å²) in [6, 6.07) is 8.18. The van der Waals surface area contributed by atoms with E-state index in [9.17, 15) is 0 Å². The number of aliphatic imine (C=N–C) groups is 1. The van der Waals surface area contributed by atoms with Gasteiger partial charge >= 0.3 is 0 Å². The van der Waals surface area contributed by atoms with E-state index in [0.717, 1.165) is 42.3 Å². The van der Waals surface area contributed by atoms with Crippen molar-refractivity contribution >= 4 is 17.7 Å². The Kier molecular flexibility index (Phi) is 6.94. The number of nitrogens with one attached hydrogen (secondary N) is 2. The van der Waals surface area contributed by atoms with Crippen LogP contribution in [-0.4, -0.2) is 40.7 Å². The Hall–Kier alpha value is -2.02. The Labute approximate surface area is 159 Å². The third-order valence-corrected chi connectivity index (χ3v) is 5.72. The van der Waals surface area contributed by atoms with Crippen LogP contribution in [0.1, 0.15) is 37.6 Å². The number of hydrogen-bond donors (Lipinski definition) is 2. The van der Waals surface area contributed by atoms with Crippen LogP contribution in [-0.2, 0) is 13.0 Å². The van der Waals surface area contributed by atoms with Crippen molar-refractivity contribution in [1.29, 1.82) is 0 Å². The molecule has 3 rings (SSSR count). The predicted molar refractivity (Wildman–Crippen MR) is 107 cm³/mol. The molecule has 1 aromatic heterocycles. The minimum absolute atomic E-state index is 0.580. The SMILES string of the molecule is CCCc1noc(-c2cccc(CNC(=NC)NCC3CCCS3)c2)n1. The first-order valence-corrected chi connectivity index (χ1v) is 10.3. The fraction of sp³-hybridized carbons (Fsp3) is 0.526. The van der Waals surface area contributed by atoms with E-state index in [-0.39, 0.29) is 0 Å². The van der Waals surface area contributed by atoms with E-state index in [1.54, 1.807) is 7.05 Å². The highest BCUT2D eigenvalue weighted by atomic mass is 32.2. The Morgan fingerprint density at radius 1 is 1.38 bits per heavy atom. The maximum atomic E-state index is 5.38. The van der Waals surface area contributed by atoms with Crippen molar-refractivity contribution in [2.24, 2.45) is 4.99 Å². The molecule has 0 spiro atoms. The van der Waals surface area contributed by atoms with Gasteiger partial charge < -0.3 is 15.2 Å². The fourth-order valence-electron chi connectivity index (χ4n) is 2.93. The molecule has 6 nitrogen and oxygen atoms in total. The number of rotatable bonds is 7. The quantitative estimate of drug-likeness (QED) is 0.573. The minimum atomic E-state index is 0.580.